The average molecular weight is 852 g/mol. The van der Waals surface area contributed by atoms with Crippen molar-refractivity contribution in [2.75, 3.05) is 0 Å². The molecule has 0 heterocycles. The number of benzene rings is 2. The van der Waals surface area contributed by atoms with Crippen molar-refractivity contribution in [2.24, 2.45) is 9.98 Å². The number of hydrogen-bond donors (Lipinski definition) is 0. The van der Waals surface area contributed by atoms with Gasteiger partial charge >= 0.3 is 0 Å². The average Bonchev–Trinajstić information content (AvgIpc) is 3.25. The zero-order chi connectivity index (χ0) is 41.7. The Labute approximate surface area is 377 Å². The first-order valence-corrected chi connectivity index (χ1v) is 25.5. The fourth-order valence-electron chi connectivity index (χ4n) is 8.13. The van der Waals surface area contributed by atoms with Crippen molar-refractivity contribution in [3.8, 4) is 11.8 Å². The summed E-state index contributed by atoms with van der Waals surface area (Å²) >= 11 is 0. The van der Waals surface area contributed by atoms with Gasteiger partial charge in [-0.25, -0.2) is 4.99 Å². The minimum atomic E-state index is 0. The molecule has 2 rings (SSSR count). The summed E-state index contributed by atoms with van der Waals surface area (Å²) in [5, 5.41) is 0. The van der Waals surface area contributed by atoms with E-state index in [2.05, 4.69) is 89.8 Å². The van der Waals surface area contributed by atoms with Gasteiger partial charge in [-0.05, 0) is 97.4 Å². The zero-order valence-corrected chi connectivity index (χ0v) is 40.7. The van der Waals surface area contributed by atoms with Crippen molar-refractivity contribution >= 4 is 22.8 Å². The van der Waals surface area contributed by atoms with Crippen molar-refractivity contribution in [2.45, 2.75) is 260 Å². The molecule has 0 radical (unpaired) electrons. The fourth-order valence-corrected chi connectivity index (χ4v) is 8.13. The van der Waals surface area contributed by atoms with Crippen molar-refractivity contribution in [1.82, 2.24) is 0 Å². The van der Waals surface area contributed by atoms with Crippen molar-refractivity contribution in [3.05, 3.63) is 58.7 Å². The monoisotopic (exact) mass is 851 g/mol. The Balaban J connectivity index is 0.0000174. The van der Waals surface area contributed by atoms with E-state index in [1.54, 1.807) is 0 Å². The first-order valence-electron chi connectivity index (χ1n) is 25.5. The minimum absolute atomic E-state index is 0. The van der Waals surface area contributed by atoms with Crippen LogP contribution < -0.4 is 0 Å². The Kier molecular flexibility index (Phi) is 36.0. The third kappa shape index (κ3) is 28.1. The van der Waals surface area contributed by atoms with Crippen LogP contribution in [-0.2, 0) is 42.2 Å². The van der Waals surface area contributed by atoms with Crippen LogP contribution in [0.5, 0.6) is 0 Å². The van der Waals surface area contributed by atoms with E-state index in [9.17, 15) is 0 Å². The molecule has 2 nitrogen and oxygen atoms in total. The van der Waals surface area contributed by atoms with Gasteiger partial charge in [0.15, 0.2) is 0 Å². The second-order valence-corrected chi connectivity index (χ2v) is 17.4. The molecule has 0 fully saturated rings. The van der Waals surface area contributed by atoms with Gasteiger partial charge in [-0.2, -0.15) is 0 Å². The zero-order valence-electron chi connectivity index (χ0n) is 39.7. The molecule has 2 aromatic carbocycles. The summed E-state index contributed by atoms with van der Waals surface area (Å²) in [4.78, 5) is 10.6. The van der Waals surface area contributed by atoms with Crippen LogP contribution in [0.1, 0.15) is 256 Å². The summed E-state index contributed by atoms with van der Waals surface area (Å²) in [6, 6.07) is 13.6. The van der Waals surface area contributed by atoms with Gasteiger partial charge in [-0.1, -0.05) is 227 Å². The Hall–Kier alpha value is -2.17. The van der Waals surface area contributed by atoms with E-state index in [1.807, 2.05) is 0 Å². The molecule has 0 spiro atoms. The van der Waals surface area contributed by atoms with Crippen molar-refractivity contribution < 1.29 is 16.5 Å². The molecule has 0 unspecified atom stereocenters. The Morgan fingerprint density at radius 3 is 1.00 bits per heavy atom. The summed E-state index contributed by atoms with van der Waals surface area (Å²) < 4.78 is 0. The Morgan fingerprint density at radius 1 is 0.373 bits per heavy atom. The topological polar surface area (TPSA) is 24.7 Å². The Morgan fingerprint density at radius 2 is 0.678 bits per heavy atom. The largest absolute Gasteiger partial charge is 0.250 e. The molecule has 0 aliphatic heterocycles. The number of rotatable bonds is 36. The number of aryl methyl sites for hydroxylation is 4. The van der Waals surface area contributed by atoms with Gasteiger partial charge in [-0.3, -0.25) is 4.99 Å². The van der Waals surface area contributed by atoms with Crippen LogP contribution >= 0.6 is 0 Å². The van der Waals surface area contributed by atoms with E-state index in [1.165, 1.54) is 189 Å². The SMILES string of the molecule is CCCCCCCCCCCCCCCCCCCCCCCCCCCCC#CC(=Nc1cc(CC)cc(CC)c1)C(CCCC)=Nc1cc(CC)cc(CC)c1.[Ni]. The van der Waals surface area contributed by atoms with E-state index in [0.717, 1.165) is 74.2 Å². The van der Waals surface area contributed by atoms with Crippen LogP contribution in [0.4, 0.5) is 11.4 Å². The molecule has 0 saturated carbocycles. The molecule has 2 aromatic rings. The summed E-state index contributed by atoms with van der Waals surface area (Å²) in [6.07, 6.45) is 45.2. The molecule has 0 amide bonds. The second kappa shape index (κ2) is 38.7. The van der Waals surface area contributed by atoms with Crippen LogP contribution in [0.2, 0.25) is 0 Å². The Bertz CT molecular complexity index is 1380. The molecule has 0 bridgehead atoms. The molecule has 0 atom stereocenters. The number of nitrogens with zero attached hydrogens (tertiary/aromatic N) is 2. The molecule has 0 aliphatic rings. The molecule has 0 saturated heterocycles. The summed E-state index contributed by atoms with van der Waals surface area (Å²) in [5.74, 6) is 7.12. The quantitative estimate of drug-likeness (QED) is 0.0282. The molecule has 59 heavy (non-hydrogen) atoms. The van der Waals surface area contributed by atoms with Gasteiger partial charge in [0.2, 0.25) is 0 Å². The first kappa shape index (κ1) is 54.9. The summed E-state index contributed by atoms with van der Waals surface area (Å²) in [6.45, 7) is 13.5. The third-order valence-electron chi connectivity index (χ3n) is 12.1. The molecule has 0 aliphatic carbocycles. The van der Waals surface area contributed by atoms with Crippen LogP contribution in [0.3, 0.4) is 0 Å². The van der Waals surface area contributed by atoms with Gasteiger partial charge in [0.1, 0.15) is 5.71 Å². The van der Waals surface area contributed by atoms with Gasteiger partial charge < -0.3 is 0 Å². The minimum Gasteiger partial charge on any atom is -0.250 e. The third-order valence-corrected chi connectivity index (χ3v) is 12.1. The van der Waals surface area contributed by atoms with Crippen molar-refractivity contribution in [3.63, 3.8) is 0 Å². The second-order valence-electron chi connectivity index (χ2n) is 17.4. The van der Waals surface area contributed by atoms with Crippen LogP contribution in [0.15, 0.2) is 46.4 Å². The standard InChI is InChI=1S/C56H92N2.Ni/c1-7-13-15-16-17-18-19-20-21-22-23-24-25-26-27-28-29-30-31-32-33-34-35-36-37-38-39-40-42-56(58-54-47-51(11-5)44-52(12-6)48-54)55(41-14-8-2)57-53-45-49(9-3)43-50(10-4)46-53;/h43-48H,7-39,41H2,1-6H3;. The predicted octanol–water partition coefficient (Wildman–Crippen LogP) is 18.5. The molecule has 3 heteroatoms. The normalized spacial score (nSPS) is 11.8. The van der Waals surface area contributed by atoms with Gasteiger partial charge in [0.05, 0.1) is 17.1 Å². The maximum Gasteiger partial charge on any atom is 0.135 e. The van der Waals surface area contributed by atoms with E-state index >= 15 is 0 Å². The summed E-state index contributed by atoms with van der Waals surface area (Å²) in [7, 11) is 0. The number of unbranched alkanes of at least 4 members (excludes halogenated alkanes) is 27. The molecular weight excluding hydrogens is 759 g/mol. The van der Waals surface area contributed by atoms with Crippen LogP contribution in [0.25, 0.3) is 0 Å². The maximum atomic E-state index is 5.30. The molecule has 336 valence electrons. The van der Waals surface area contributed by atoms with E-state index in [4.69, 9.17) is 9.98 Å². The van der Waals surface area contributed by atoms with Crippen molar-refractivity contribution in [1.29, 1.82) is 0 Å². The van der Waals surface area contributed by atoms with E-state index in [-0.39, 0.29) is 16.5 Å². The van der Waals surface area contributed by atoms with Crippen LogP contribution in [0, 0.1) is 11.8 Å². The molecule has 0 N–H and O–H groups in total. The molecular formula is C56H92N2Ni. The van der Waals surface area contributed by atoms with E-state index < -0.39 is 0 Å². The number of aliphatic imine (C=N–C) groups is 2. The van der Waals surface area contributed by atoms with Gasteiger partial charge in [-0.15, -0.1) is 0 Å². The smallest absolute Gasteiger partial charge is 0.135 e. The van der Waals surface area contributed by atoms with Gasteiger partial charge in [0.25, 0.3) is 0 Å². The fraction of sp³-hybridized carbons (Fsp3) is 0.714. The predicted molar refractivity (Wildman–Crippen MR) is 262 cm³/mol. The van der Waals surface area contributed by atoms with Crippen LogP contribution in [-0.4, -0.2) is 11.4 Å². The number of hydrogen-bond acceptors (Lipinski definition) is 2. The molecule has 0 aromatic heterocycles. The summed E-state index contributed by atoms with van der Waals surface area (Å²) in [5.41, 5.74) is 9.33. The van der Waals surface area contributed by atoms with E-state index in [0.29, 0.717) is 0 Å². The first-order chi connectivity index (χ1) is 28.6. The maximum absolute atomic E-state index is 5.30. The van der Waals surface area contributed by atoms with Gasteiger partial charge in [0, 0.05) is 22.9 Å².